The van der Waals surface area contributed by atoms with Crippen molar-refractivity contribution in [2.45, 2.75) is 6.92 Å². The summed E-state index contributed by atoms with van der Waals surface area (Å²) in [5.74, 6) is -0.185. The number of fused-ring (bicyclic) bond motifs is 1. The van der Waals surface area contributed by atoms with E-state index in [1.165, 1.54) is 16.2 Å². The van der Waals surface area contributed by atoms with Gasteiger partial charge in [0.1, 0.15) is 0 Å². The number of amides is 1. The molecule has 0 bridgehead atoms. The second-order valence-corrected chi connectivity index (χ2v) is 6.83. The van der Waals surface area contributed by atoms with Crippen molar-refractivity contribution in [2.24, 2.45) is 0 Å². The largest absolute Gasteiger partial charge is 0.354 e. The summed E-state index contributed by atoms with van der Waals surface area (Å²) in [4.78, 5) is 13.2. The second-order valence-electron chi connectivity index (χ2n) is 3.92. The van der Waals surface area contributed by atoms with E-state index in [1.54, 1.807) is 40.1 Å². The molecule has 2 heterocycles. The van der Waals surface area contributed by atoms with Crippen LogP contribution in [-0.4, -0.2) is 11.0 Å². The standard InChI is InChI=1S/C12H8ClN3OS2/c1-7-6-16-12(18-7)19-11(15-16)14-10(17)8-2-4-9(13)5-3-8/h2-6H,1H3/p+1. The number of nitrogens with one attached hydrogen (secondary N) is 1. The van der Waals surface area contributed by atoms with Crippen molar-refractivity contribution < 1.29 is 9.31 Å². The Morgan fingerprint density at radius 3 is 2.74 bits per heavy atom. The lowest BCUT2D eigenvalue weighted by Crippen LogP contribution is -2.20. The summed E-state index contributed by atoms with van der Waals surface area (Å²) in [5, 5.41) is 8.29. The zero-order valence-electron chi connectivity index (χ0n) is 9.88. The maximum absolute atomic E-state index is 12.0. The molecule has 0 saturated carbocycles. The first-order valence-corrected chi connectivity index (χ1v) is 7.49. The molecule has 0 atom stereocenters. The second kappa shape index (κ2) is 4.88. The van der Waals surface area contributed by atoms with Gasteiger partial charge in [-0.3, -0.25) is 10.1 Å². The fourth-order valence-corrected chi connectivity index (χ4v) is 3.76. The molecule has 96 valence electrons. The normalized spacial score (nSPS) is 10.8. The number of anilines is 1. The van der Waals surface area contributed by atoms with E-state index in [9.17, 15) is 4.79 Å². The van der Waals surface area contributed by atoms with Gasteiger partial charge in [0, 0.05) is 15.7 Å². The number of thiazole rings is 1. The van der Waals surface area contributed by atoms with Crippen molar-refractivity contribution in [1.29, 1.82) is 0 Å². The van der Waals surface area contributed by atoms with Gasteiger partial charge in [0.15, 0.2) is 0 Å². The van der Waals surface area contributed by atoms with Crippen LogP contribution < -0.4 is 9.83 Å². The first-order chi connectivity index (χ1) is 9.11. The Kier molecular flexibility index (Phi) is 3.22. The Labute approximate surface area is 122 Å². The van der Waals surface area contributed by atoms with E-state index in [-0.39, 0.29) is 5.91 Å². The van der Waals surface area contributed by atoms with Crippen molar-refractivity contribution in [1.82, 2.24) is 5.10 Å². The zero-order valence-corrected chi connectivity index (χ0v) is 12.3. The molecular weight excluding hydrogens is 302 g/mol. The molecule has 0 fully saturated rings. The highest BCUT2D eigenvalue weighted by molar-refractivity contribution is 7.37. The van der Waals surface area contributed by atoms with Gasteiger partial charge in [0.05, 0.1) is 4.88 Å². The van der Waals surface area contributed by atoms with E-state index in [4.69, 9.17) is 11.6 Å². The maximum Gasteiger partial charge on any atom is 0.354 e. The van der Waals surface area contributed by atoms with Gasteiger partial charge in [-0.25, -0.2) is 0 Å². The molecular formula is C12H9ClN3OS2+. The lowest BCUT2D eigenvalue weighted by molar-refractivity contribution is -0.570. The fourth-order valence-electron chi connectivity index (χ4n) is 1.60. The van der Waals surface area contributed by atoms with Gasteiger partial charge in [-0.05, 0) is 47.0 Å². The maximum atomic E-state index is 12.0. The molecule has 19 heavy (non-hydrogen) atoms. The van der Waals surface area contributed by atoms with E-state index < -0.39 is 0 Å². The smallest absolute Gasteiger partial charge is 0.293 e. The molecule has 0 radical (unpaired) electrons. The summed E-state index contributed by atoms with van der Waals surface area (Å²) in [6, 6.07) is 6.75. The van der Waals surface area contributed by atoms with Crippen LogP contribution in [0.5, 0.6) is 0 Å². The molecule has 3 rings (SSSR count). The summed E-state index contributed by atoms with van der Waals surface area (Å²) < 4.78 is 2.83. The van der Waals surface area contributed by atoms with Gasteiger partial charge in [-0.1, -0.05) is 22.9 Å². The highest BCUT2D eigenvalue weighted by atomic mass is 35.5. The van der Waals surface area contributed by atoms with E-state index in [0.717, 1.165) is 4.14 Å². The third-order valence-corrected chi connectivity index (χ3v) is 4.73. The molecule has 0 aliphatic rings. The molecule has 2 aromatic heterocycles. The fraction of sp³-hybridized carbons (Fsp3) is 0.0833. The molecule has 7 heteroatoms. The number of benzene rings is 1. The average Bonchev–Trinajstić information content (AvgIpc) is 2.86. The Bertz CT molecular complexity index is 717. The van der Waals surface area contributed by atoms with Crippen LogP contribution in [0.4, 0.5) is 5.13 Å². The summed E-state index contributed by atoms with van der Waals surface area (Å²) in [5.41, 5.74) is 0.559. The summed E-state index contributed by atoms with van der Waals surface area (Å²) in [7, 11) is 0. The minimum atomic E-state index is -0.185. The Balaban J connectivity index is 1.82. The van der Waals surface area contributed by atoms with Crippen LogP contribution >= 0.6 is 34.3 Å². The van der Waals surface area contributed by atoms with E-state index in [0.29, 0.717) is 15.7 Å². The monoisotopic (exact) mass is 310 g/mol. The van der Waals surface area contributed by atoms with Crippen molar-refractivity contribution in [2.75, 3.05) is 5.32 Å². The third kappa shape index (κ3) is 2.60. The summed E-state index contributed by atoms with van der Waals surface area (Å²) in [6.45, 7) is 2.03. The van der Waals surface area contributed by atoms with Crippen molar-refractivity contribution >= 4 is 49.5 Å². The van der Waals surface area contributed by atoms with E-state index in [1.807, 2.05) is 13.1 Å². The number of hydrogen-bond acceptors (Lipinski definition) is 4. The highest BCUT2D eigenvalue weighted by Gasteiger charge is 2.17. The third-order valence-electron chi connectivity index (χ3n) is 2.45. The molecule has 1 amide bonds. The predicted octanol–water partition coefficient (Wildman–Crippen LogP) is 3.16. The average molecular weight is 311 g/mol. The first kappa shape index (κ1) is 12.5. The van der Waals surface area contributed by atoms with Crippen LogP contribution in [0.25, 0.3) is 4.14 Å². The molecule has 0 saturated heterocycles. The van der Waals surface area contributed by atoms with Gasteiger partial charge < -0.3 is 0 Å². The highest BCUT2D eigenvalue weighted by Crippen LogP contribution is 2.22. The number of aryl methyl sites for hydroxylation is 1. The van der Waals surface area contributed by atoms with Crippen LogP contribution in [0.15, 0.2) is 30.5 Å². The quantitative estimate of drug-likeness (QED) is 0.739. The van der Waals surface area contributed by atoms with Crippen molar-refractivity contribution in [3.63, 3.8) is 0 Å². The minimum absolute atomic E-state index is 0.185. The van der Waals surface area contributed by atoms with E-state index >= 15 is 0 Å². The molecule has 1 N–H and O–H groups in total. The molecule has 0 aliphatic heterocycles. The minimum Gasteiger partial charge on any atom is -0.293 e. The van der Waals surface area contributed by atoms with Crippen LogP contribution in [-0.2, 0) is 0 Å². The van der Waals surface area contributed by atoms with Gasteiger partial charge in [0.2, 0.25) is 6.20 Å². The number of carbonyl (C=O) groups excluding carboxylic acids is 1. The Morgan fingerprint density at radius 2 is 2.05 bits per heavy atom. The SMILES string of the molecule is Cc1c[n+]2nc(NC(=O)c3ccc(Cl)cc3)sc2s1. The number of carbonyl (C=O) groups is 1. The van der Waals surface area contributed by atoms with Crippen LogP contribution in [0, 0.1) is 6.92 Å². The lowest BCUT2D eigenvalue weighted by Gasteiger charge is -1.99. The number of nitrogens with zero attached hydrogens (tertiary/aromatic N) is 2. The van der Waals surface area contributed by atoms with Crippen molar-refractivity contribution in [3.05, 3.63) is 45.9 Å². The number of halogens is 1. The van der Waals surface area contributed by atoms with Crippen LogP contribution in [0.2, 0.25) is 5.02 Å². The zero-order chi connectivity index (χ0) is 13.4. The lowest BCUT2D eigenvalue weighted by atomic mass is 10.2. The topological polar surface area (TPSA) is 46.1 Å². The van der Waals surface area contributed by atoms with Gasteiger partial charge in [0.25, 0.3) is 11.0 Å². The molecule has 1 aromatic carbocycles. The number of aromatic nitrogens is 2. The molecule has 0 aliphatic carbocycles. The molecule has 3 aromatic rings. The molecule has 0 spiro atoms. The van der Waals surface area contributed by atoms with Crippen LogP contribution in [0.3, 0.4) is 0 Å². The summed E-state index contributed by atoms with van der Waals surface area (Å²) in [6.07, 6.45) is 1.94. The molecule has 0 unspecified atom stereocenters. The predicted molar refractivity (Wildman–Crippen MR) is 77.3 cm³/mol. The van der Waals surface area contributed by atoms with Gasteiger partial charge in [-0.2, -0.15) is 0 Å². The Morgan fingerprint density at radius 1 is 1.32 bits per heavy atom. The van der Waals surface area contributed by atoms with Crippen LogP contribution in [0.1, 0.15) is 15.2 Å². The van der Waals surface area contributed by atoms with Gasteiger partial charge >= 0.3 is 4.14 Å². The number of rotatable bonds is 2. The summed E-state index contributed by atoms with van der Waals surface area (Å²) >= 11 is 8.89. The number of hydrogen-bond donors (Lipinski definition) is 1. The van der Waals surface area contributed by atoms with Crippen molar-refractivity contribution in [3.8, 4) is 0 Å². The van der Waals surface area contributed by atoms with Gasteiger partial charge in [-0.15, -0.1) is 0 Å². The van der Waals surface area contributed by atoms with E-state index in [2.05, 4.69) is 10.4 Å². The Hall–Kier alpha value is -1.50. The first-order valence-electron chi connectivity index (χ1n) is 5.48. The molecule has 4 nitrogen and oxygen atoms in total.